The smallest absolute Gasteiger partial charge is 0.331 e. The Morgan fingerprint density at radius 2 is 1.86 bits per heavy atom. The molecule has 1 fully saturated rings. The van der Waals surface area contributed by atoms with Crippen molar-refractivity contribution in [3.63, 3.8) is 0 Å². The number of carbonyl (C=O) groups is 4. The minimum absolute atomic E-state index is 0.0586. The van der Waals surface area contributed by atoms with E-state index in [0.717, 1.165) is 24.2 Å². The third-order valence-electron chi connectivity index (χ3n) is 4.68. The first-order valence-electron chi connectivity index (χ1n) is 9.63. The molecule has 1 aromatic rings. The summed E-state index contributed by atoms with van der Waals surface area (Å²) in [6, 6.07) is 1.15. The molecule has 1 aliphatic rings. The van der Waals surface area contributed by atoms with E-state index in [1.54, 1.807) is 17.5 Å². The Bertz CT molecular complexity index is 692. The lowest BCUT2D eigenvalue weighted by molar-refractivity contribution is -0.153. The van der Waals surface area contributed by atoms with E-state index in [1.165, 1.54) is 35.5 Å². The van der Waals surface area contributed by atoms with Gasteiger partial charge in [0.15, 0.2) is 6.04 Å². The van der Waals surface area contributed by atoms with Crippen molar-refractivity contribution in [2.24, 2.45) is 0 Å². The van der Waals surface area contributed by atoms with Gasteiger partial charge < -0.3 is 15.3 Å². The summed E-state index contributed by atoms with van der Waals surface area (Å²) < 4.78 is 0. The van der Waals surface area contributed by atoms with Gasteiger partial charge in [0.25, 0.3) is 0 Å². The zero-order valence-electron chi connectivity index (χ0n) is 16.1. The van der Waals surface area contributed by atoms with Crippen molar-refractivity contribution in [3.8, 4) is 0 Å². The van der Waals surface area contributed by atoms with Crippen molar-refractivity contribution in [2.75, 3.05) is 19.6 Å². The van der Waals surface area contributed by atoms with Gasteiger partial charge in [0.1, 0.15) is 0 Å². The Morgan fingerprint density at radius 3 is 2.50 bits per heavy atom. The number of hydrogen-bond acceptors (Lipinski definition) is 5. The van der Waals surface area contributed by atoms with Gasteiger partial charge >= 0.3 is 23.8 Å². The standard InChI is InChI=1S/C19H27N3O5S/c1-2-3-4-5-6-7-10-21-11-12-22(17(24)16(21)23)19(27)20-15(18(25)26)14-9-8-13-28-14/h8-9,13,15H,2-7,10-12H2,1H3,(H,20,27)(H,25,26). The van der Waals surface area contributed by atoms with E-state index in [2.05, 4.69) is 12.2 Å². The van der Waals surface area contributed by atoms with Crippen molar-refractivity contribution in [2.45, 2.75) is 51.5 Å². The Morgan fingerprint density at radius 1 is 1.14 bits per heavy atom. The van der Waals surface area contributed by atoms with Crippen LogP contribution in [-0.2, 0) is 14.4 Å². The minimum atomic E-state index is -1.25. The van der Waals surface area contributed by atoms with Gasteiger partial charge in [-0.25, -0.2) is 9.59 Å². The maximum absolute atomic E-state index is 12.4. The van der Waals surface area contributed by atoms with Gasteiger partial charge in [-0.3, -0.25) is 14.5 Å². The molecule has 2 heterocycles. The highest BCUT2D eigenvalue weighted by Crippen LogP contribution is 2.20. The largest absolute Gasteiger partial charge is 0.479 e. The molecule has 154 valence electrons. The number of nitrogens with zero attached hydrogens (tertiary/aromatic N) is 2. The van der Waals surface area contributed by atoms with Crippen molar-refractivity contribution < 1.29 is 24.3 Å². The predicted molar refractivity (Wildman–Crippen MR) is 105 cm³/mol. The molecule has 0 saturated carbocycles. The minimum Gasteiger partial charge on any atom is -0.479 e. The normalized spacial score (nSPS) is 15.6. The predicted octanol–water partition coefficient (Wildman–Crippen LogP) is 2.61. The second-order valence-electron chi connectivity index (χ2n) is 6.75. The number of unbranched alkanes of at least 4 members (excludes halogenated alkanes) is 5. The SMILES string of the molecule is CCCCCCCCN1CCN(C(=O)NC(C(=O)O)c2cccs2)C(=O)C1=O. The topological polar surface area (TPSA) is 107 Å². The highest BCUT2D eigenvalue weighted by molar-refractivity contribution is 7.10. The van der Waals surface area contributed by atoms with Crippen LogP contribution in [0.2, 0.25) is 0 Å². The van der Waals surface area contributed by atoms with Crippen LogP contribution in [0.1, 0.15) is 56.4 Å². The Kier molecular flexibility index (Phi) is 8.43. The van der Waals surface area contributed by atoms with Gasteiger partial charge in [-0.05, 0) is 17.9 Å². The summed E-state index contributed by atoms with van der Waals surface area (Å²) in [5, 5.41) is 13.4. The lowest BCUT2D eigenvalue weighted by atomic mass is 10.1. The van der Waals surface area contributed by atoms with Crippen LogP contribution in [0.4, 0.5) is 4.79 Å². The van der Waals surface area contributed by atoms with Gasteiger partial charge in [-0.15, -0.1) is 11.3 Å². The van der Waals surface area contributed by atoms with Crippen molar-refractivity contribution in [1.82, 2.24) is 15.1 Å². The Balaban J connectivity index is 1.86. The van der Waals surface area contributed by atoms with Crippen LogP contribution in [0.5, 0.6) is 0 Å². The third-order valence-corrected chi connectivity index (χ3v) is 5.62. The molecule has 2 N–H and O–H groups in total. The fraction of sp³-hybridized carbons (Fsp3) is 0.579. The molecule has 1 atom stereocenters. The van der Waals surface area contributed by atoms with E-state index < -0.39 is 29.9 Å². The number of aliphatic carboxylic acids is 1. The number of urea groups is 1. The number of hydrogen-bond donors (Lipinski definition) is 2. The monoisotopic (exact) mass is 409 g/mol. The number of piperazine rings is 1. The maximum Gasteiger partial charge on any atom is 0.331 e. The Hall–Kier alpha value is -2.42. The molecule has 0 radical (unpaired) electrons. The van der Waals surface area contributed by atoms with Crippen LogP contribution >= 0.6 is 11.3 Å². The summed E-state index contributed by atoms with van der Waals surface area (Å²) >= 11 is 1.19. The van der Waals surface area contributed by atoms with Crippen molar-refractivity contribution in [1.29, 1.82) is 0 Å². The molecular weight excluding hydrogens is 382 g/mol. The lowest BCUT2D eigenvalue weighted by Gasteiger charge is -2.33. The number of carboxylic acid groups (broad SMARTS) is 1. The summed E-state index contributed by atoms with van der Waals surface area (Å²) in [5.74, 6) is -2.85. The average Bonchev–Trinajstić information content (AvgIpc) is 3.19. The fourth-order valence-electron chi connectivity index (χ4n) is 3.08. The van der Waals surface area contributed by atoms with E-state index in [4.69, 9.17) is 0 Å². The third kappa shape index (κ3) is 5.79. The molecule has 0 spiro atoms. The van der Waals surface area contributed by atoms with E-state index in [1.807, 2.05) is 0 Å². The maximum atomic E-state index is 12.4. The van der Waals surface area contributed by atoms with E-state index in [9.17, 15) is 24.3 Å². The van der Waals surface area contributed by atoms with Crippen molar-refractivity contribution >= 4 is 35.2 Å². The quantitative estimate of drug-likeness (QED) is 0.456. The van der Waals surface area contributed by atoms with Crippen LogP contribution in [-0.4, -0.2) is 58.4 Å². The first-order valence-corrected chi connectivity index (χ1v) is 10.5. The van der Waals surface area contributed by atoms with Gasteiger partial charge in [0.05, 0.1) is 0 Å². The van der Waals surface area contributed by atoms with E-state index >= 15 is 0 Å². The average molecular weight is 410 g/mol. The molecule has 2 rings (SSSR count). The highest BCUT2D eigenvalue weighted by atomic mass is 32.1. The van der Waals surface area contributed by atoms with Gasteiger partial charge in [-0.2, -0.15) is 0 Å². The molecule has 28 heavy (non-hydrogen) atoms. The summed E-state index contributed by atoms with van der Waals surface area (Å²) in [6.07, 6.45) is 6.49. The molecule has 0 aromatic carbocycles. The first kappa shape index (κ1) is 21.9. The van der Waals surface area contributed by atoms with Crippen molar-refractivity contribution in [3.05, 3.63) is 22.4 Å². The molecule has 1 aliphatic heterocycles. The Labute approximate surface area is 168 Å². The molecule has 4 amide bonds. The number of amides is 4. The van der Waals surface area contributed by atoms with Gasteiger partial charge in [-0.1, -0.05) is 45.1 Å². The molecule has 1 aromatic heterocycles. The molecule has 0 aliphatic carbocycles. The van der Waals surface area contributed by atoms with Crippen LogP contribution in [0.3, 0.4) is 0 Å². The fourth-order valence-corrected chi connectivity index (χ4v) is 3.84. The summed E-state index contributed by atoms with van der Waals surface area (Å²) in [6.45, 7) is 2.98. The second-order valence-corrected chi connectivity index (χ2v) is 7.73. The van der Waals surface area contributed by atoms with Crippen LogP contribution in [0.25, 0.3) is 0 Å². The molecular formula is C19H27N3O5S. The molecule has 1 saturated heterocycles. The van der Waals surface area contributed by atoms with E-state index in [0.29, 0.717) is 11.4 Å². The van der Waals surface area contributed by atoms with Gasteiger partial charge in [0, 0.05) is 24.5 Å². The number of carbonyl (C=O) groups excluding carboxylic acids is 3. The van der Waals surface area contributed by atoms with Crippen LogP contribution in [0.15, 0.2) is 17.5 Å². The number of rotatable bonds is 10. The number of nitrogens with one attached hydrogen (secondary N) is 1. The zero-order valence-corrected chi connectivity index (χ0v) is 16.9. The molecule has 0 bridgehead atoms. The number of thiophene rings is 1. The summed E-state index contributed by atoms with van der Waals surface area (Å²) in [7, 11) is 0. The number of carboxylic acids is 1. The molecule has 1 unspecified atom stereocenters. The molecule has 9 heteroatoms. The second kappa shape index (κ2) is 10.8. The lowest BCUT2D eigenvalue weighted by Crippen LogP contribution is -2.58. The van der Waals surface area contributed by atoms with Gasteiger partial charge in [0.2, 0.25) is 0 Å². The molecule has 8 nitrogen and oxygen atoms in total. The zero-order chi connectivity index (χ0) is 20.5. The highest BCUT2D eigenvalue weighted by Gasteiger charge is 2.37. The number of imide groups is 1. The summed E-state index contributed by atoms with van der Waals surface area (Å²) in [4.78, 5) is 51.2. The first-order chi connectivity index (χ1) is 13.5. The van der Waals surface area contributed by atoms with Crippen LogP contribution in [0, 0.1) is 0 Å². The summed E-state index contributed by atoms with van der Waals surface area (Å²) in [5.41, 5.74) is 0. The van der Waals surface area contributed by atoms with E-state index in [-0.39, 0.29) is 13.1 Å². The van der Waals surface area contributed by atoms with Crippen LogP contribution < -0.4 is 5.32 Å².